The van der Waals surface area contributed by atoms with Crippen LogP contribution in [0.15, 0.2) is 18.2 Å². The van der Waals surface area contributed by atoms with Crippen molar-refractivity contribution in [3.63, 3.8) is 0 Å². The van der Waals surface area contributed by atoms with E-state index in [0.29, 0.717) is 38.2 Å². The van der Waals surface area contributed by atoms with E-state index in [1.807, 2.05) is 0 Å². The highest BCUT2D eigenvalue weighted by Crippen LogP contribution is 2.33. The van der Waals surface area contributed by atoms with Crippen molar-refractivity contribution in [3.8, 4) is 0 Å². The molecule has 1 unspecified atom stereocenters. The normalized spacial score (nSPS) is 18.5. The number of benzene rings is 1. The van der Waals surface area contributed by atoms with Crippen LogP contribution < -0.4 is 5.73 Å². The minimum absolute atomic E-state index is 0.109. The number of likely N-dealkylation sites (tertiary alicyclic amines) is 1. The van der Waals surface area contributed by atoms with Gasteiger partial charge in [0, 0.05) is 19.2 Å². The highest BCUT2D eigenvalue weighted by molar-refractivity contribution is 5.98. The third-order valence-corrected chi connectivity index (χ3v) is 3.66. The van der Waals surface area contributed by atoms with Gasteiger partial charge < -0.3 is 10.6 Å². The zero-order valence-corrected chi connectivity index (χ0v) is 11.5. The Hall–Kier alpha value is -2.16. The van der Waals surface area contributed by atoms with E-state index in [9.17, 15) is 28.1 Å². The van der Waals surface area contributed by atoms with Crippen LogP contribution in [0.4, 0.5) is 18.9 Å². The third kappa shape index (κ3) is 3.19. The summed E-state index contributed by atoms with van der Waals surface area (Å²) in [5.74, 6) is -0.533. The van der Waals surface area contributed by atoms with Crippen LogP contribution in [-0.4, -0.2) is 35.4 Å². The van der Waals surface area contributed by atoms with Gasteiger partial charge in [0.1, 0.15) is 5.56 Å². The minimum Gasteiger partial charge on any atom is -0.338 e. The molecule has 0 radical (unpaired) electrons. The summed E-state index contributed by atoms with van der Waals surface area (Å²) in [5, 5.41) is 11.0. The molecule has 1 fully saturated rings. The smallest absolute Gasteiger partial charge is 0.338 e. The molecule has 6 nitrogen and oxygen atoms in total. The van der Waals surface area contributed by atoms with Crippen molar-refractivity contribution in [1.82, 2.24) is 4.90 Å². The lowest BCUT2D eigenvalue weighted by molar-refractivity contribution is -0.385. The Bertz CT molecular complexity index is 604. The molecule has 0 saturated carbocycles. The standard InChI is InChI=1S/C13H14F3N3O3/c14-13(15,16)9-1-2-10(11(5-9)19(21)22)12(20)18-4-3-8(6-17)7-18/h1-2,5,8H,3-4,6-7,17H2. The number of nitro groups is 1. The van der Waals surface area contributed by atoms with Crippen molar-refractivity contribution in [3.05, 3.63) is 39.4 Å². The Morgan fingerprint density at radius 1 is 1.45 bits per heavy atom. The van der Waals surface area contributed by atoms with Crippen molar-refractivity contribution in [2.45, 2.75) is 12.6 Å². The number of rotatable bonds is 3. The summed E-state index contributed by atoms with van der Waals surface area (Å²) in [6, 6.07) is 1.93. The molecular weight excluding hydrogens is 303 g/mol. The average molecular weight is 317 g/mol. The lowest BCUT2D eigenvalue weighted by atomic mass is 10.1. The molecule has 0 spiro atoms. The molecule has 1 aliphatic heterocycles. The van der Waals surface area contributed by atoms with E-state index in [2.05, 4.69) is 0 Å². The molecule has 22 heavy (non-hydrogen) atoms. The molecule has 9 heteroatoms. The van der Waals surface area contributed by atoms with Gasteiger partial charge in [-0.1, -0.05) is 0 Å². The van der Waals surface area contributed by atoms with Gasteiger partial charge in [0.15, 0.2) is 0 Å². The van der Waals surface area contributed by atoms with E-state index < -0.39 is 28.3 Å². The fraction of sp³-hybridized carbons (Fsp3) is 0.462. The second kappa shape index (κ2) is 5.91. The van der Waals surface area contributed by atoms with Crippen molar-refractivity contribution in [2.24, 2.45) is 11.7 Å². The predicted molar refractivity (Wildman–Crippen MR) is 71.2 cm³/mol. The fourth-order valence-corrected chi connectivity index (χ4v) is 2.42. The summed E-state index contributed by atoms with van der Waals surface area (Å²) in [4.78, 5) is 23.7. The average Bonchev–Trinajstić information content (AvgIpc) is 2.93. The summed E-state index contributed by atoms with van der Waals surface area (Å²) >= 11 is 0. The molecule has 1 aromatic rings. The first-order valence-electron chi connectivity index (χ1n) is 6.59. The molecule has 1 aromatic carbocycles. The zero-order valence-electron chi connectivity index (χ0n) is 11.5. The second-order valence-corrected chi connectivity index (χ2v) is 5.13. The summed E-state index contributed by atoms with van der Waals surface area (Å²) < 4.78 is 37.9. The van der Waals surface area contributed by atoms with E-state index in [0.717, 1.165) is 6.07 Å². The highest BCUT2D eigenvalue weighted by atomic mass is 19.4. The number of alkyl halides is 3. The molecule has 0 aliphatic carbocycles. The Kier molecular flexibility index (Phi) is 4.36. The first-order chi connectivity index (χ1) is 10.2. The first-order valence-corrected chi connectivity index (χ1v) is 6.59. The topological polar surface area (TPSA) is 89.5 Å². The van der Waals surface area contributed by atoms with Crippen molar-refractivity contribution in [1.29, 1.82) is 0 Å². The predicted octanol–water partition coefficient (Wildman–Crippen LogP) is 2.03. The molecule has 1 atom stereocenters. The molecule has 2 N–H and O–H groups in total. The van der Waals surface area contributed by atoms with E-state index in [1.165, 1.54) is 4.90 Å². The molecule has 0 aromatic heterocycles. The Balaban J connectivity index is 2.34. The maximum atomic E-state index is 12.6. The van der Waals surface area contributed by atoms with Crippen LogP contribution in [0, 0.1) is 16.0 Å². The second-order valence-electron chi connectivity index (χ2n) is 5.13. The van der Waals surface area contributed by atoms with Crippen LogP contribution in [-0.2, 0) is 6.18 Å². The molecule has 1 heterocycles. The van der Waals surface area contributed by atoms with Crippen molar-refractivity contribution >= 4 is 11.6 Å². The summed E-state index contributed by atoms with van der Waals surface area (Å²) in [7, 11) is 0. The van der Waals surface area contributed by atoms with E-state index >= 15 is 0 Å². The van der Waals surface area contributed by atoms with Crippen LogP contribution >= 0.6 is 0 Å². The highest BCUT2D eigenvalue weighted by Gasteiger charge is 2.35. The largest absolute Gasteiger partial charge is 0.416 e. The number of carbonyl (C=O) groups is 1. The van der Waals surface area contributed by atoms with Crippen LogP contribution in [0.25, 0.3) is 0 Å². The number of hydrogen-bond donors (Lipinski definition) is 1. The fourth-order valence-electron chi connectivity index (χ4n) is 2.42. The van der Waals surface area contributed by atoms with Crippen LogP contribution in [0.2, 0.25) is 0 Å². The summed E-state index contributed by atoms with van der Waals surface area (Å²) in [5.41, 5.74) is 3.18. The lowest BCUT2D eigenvalue weighted by Crippen LogP contribution is -2.30. The van der Waals surface area contributed by atoms with Gasteiger partial charge in [0.2, 0.25) is 0 Å². The number of hydrogen-bond acceptors (Lipinski definition) is 4. The molecule has 1 amide bonds. The van der Waals surface area contributed by atoms with Crippen molar-refractivity contribution < 1.29 is 22.9 Å². The van der Waals surface area contributed by atoms with Gasteiger partial charge in [-0.25, -0.2) is 0 Å². The van der Waals surface area contributed by atoms with Crippen molar-refractivity contribution in [2.75, 3.05) is 19.6 Å². The Morgan fingerprint density at radius 2 is 2.14 bits per heavy atom. The number of halogens is 3. The van der Waals surface area contributed by atoms with E-state index in [-0.39, 0.29) is 11.5 Å². The Morgan fingerprint density at radius 3 is 2.64 bits per heavy atom. The molecule has 120 valence electrons. The molecule has 0 bridgehead atoms. The maximum absolute atomic E-state index is 12.6. The van der Waals surface area contributed by atoms with Gasteiger partial charge in [0.05, 0.1) is 10.5 Å². The number of carbonyl (C=O) groups excluding carboxylic acids is 1. The number of nitro benzene ring substituents is 1. The number of nitrogens with zero attached hydrogens (tertiary/aromatic N) is 2. The first kappa shape index (κ1) is 16.2. The number of nitrogens with two attached hydrogens (primary N) is 1. The summed E-state index contributed by atoms with van der Waals surface area (Å²) in [6.07, 6.45) is -4.03. The van der Waals surface area contributed by atoms with Gasteiger partial charge in [-0.15, -0.1) is 0 Å². The molecule has 1 aliphatic rings. The maximum Gasteiger partial charge on any atom is 0.416 e. The van der Waals surface area contributed by atoms with Gasteiger partial charge >= 0.3 is 6.18 Å². The molecule has 1 saturated heterocycles. The quantitative estimate of drug-likeness (QED) is 0.682. The monoisotopic (exact) mass is 317 g/mol. The van der Waals surface area contributed by atoms with Crippen LogP contribution in [0.1, 0.15) is 22.3 Å². The number of amides is 1. The van der Waals surface area contributed by atoms with Gasteiger partial charge in [-0.2, -0.15) is 13.2 Å². The van der Waals surface area contributed by atoms with Gasteiger partial charge in [0.25, 0.3) is 11.6 Å². The molecular formula is C13H14F3N3O3. The summed E-state index contributed by atoms with van der Waals surface area (Å²) in [6.45, 7) is 1.13. The minimum atomic E-state index is -4.70. The van der Waals surface area contributed by atoms with Gasteiger partial charge in [-0.3, -0.25) is 14.9 Å². The van der Waals surface area contributed by atoms with Crippen LogP contribution in [0.3, 0.4) is 0 Å². The van der Waals surface area contributed by atoms with Crippen LogP contribution in [0.5, 0.6) is 0 Å². The van der Waals surface area contributed by atoms with Gasteiger partial charge in [-0.05, 0) is 31.0 Å². The third-order valence-electron chi connectivity index (χ3n) is 3.66. The van der Waals surface area contributed by atoms with E-state index in [4.69, 9.17) is 5.73 Å². The molecule has 2 rings (SSSR count). The Labute approximate surface area is 123 Å². The SMILES string of the molecule is NCC1CCN(C(=O)c2ccc(C(F)(F)F)cc2[N+](=O)[O-])C1. The van der Waals surface area contributed by atoms with E-state index in [1.54, 1.807) is 0 Å². The zero-order chi connectivity index (χ0) is 16.5. The lowest BCUT2D eigenvalue weighted by Gasteiger charge is -2.17.